The topological polar surface area (TPSA) is 63.6 Å². The van der Waals surface area contributed by atoms with Gasteiger partial charge in [0, 0.05) is 12.2 Å². The first kappa shape index (κ1) is 9.56. The van der Waals surface area contributed by atoms with Gasteiger partial charge in [0.25, 0.3) is 0 Å². The fourth-order valence-corrected chi connectivity index (χ4v) is 0.642. The van der Waals surface area contributed by atoms with Gasteiger partial charge in [-0.25, -0.2) is 0 Å². The molecule has 1 atom stereocenters. The first-order valence-electron chi connectivity index (χ1n) is 2.53. The minimum atomic E-state index is -3.45. The largest absolute Gasteiger partial charge is 0.325 e. The van der Waals surface area contributed by atoms with E-state index in [1.807, 2.05) is 0 Å². The van der Waals surface area contributed by atoms with Crippen LogP contribution in [0.2, 0.25) is 0 Å². The van der Waals surface area contributed by atoms with Gasteiger partial charge in [0.15, 0.2) is 0 Å². The Morgan fingerprint density at radius 3 is 2.70 bits per heavy atom. The molecule has 0 aliphatic heterocycles. The fourth-order valence-electron chi connectivity index (χ4n) is 0.237. The summed E-state index contributed by atoms with van der Waals surface area (Å²) in [5.41, 5.74) is 0.149. The summed E-state index contributed by atoms with van der Waals surface area (Å²) in [5, 5.41) is 0. The molecular weight excluding hydrogens is 155 g/mol. The van der Waals surface area contributed by atoms with Crippen molar-refractivity contribution in [2.24, 2.45) is 0 Å². The minimum Gasteiger partial charge on any atom is -0.324 e. The summed E-state index contributed by atoms with van der Waals surface area (Å²) >= 11 is 0. The molecule has 0 bridgehead atoms. The van der Waals surface area contributed by atoms with E-state index in [9.17, 15) is 9.36 Å². The van der Waals surface area contributed by atoms with Crippen LogP contribution in [0.25, 0.3) is 0 Å². The van der Waals surface area contributed by atoms with Crippen LogP contribution < -0.4 is 0 Å². The van der Waals surface area contributed by atoms with E-state index in [0.717, 1.165) is 6.66 Å². The maximum absolute atomic E-state index is 10.4. The lowest BCUT2D eigenvalue weighted by Gasteiger charge is -2.04. The molecule has 0 aliphatic rings. The standard InChI is InChI=1S/C5H9O4P/c1-5(3-6)4-9-10(2,7)8/h3H,1,4H2,2H3,(H,7,8). The zero-order valence-electron chi connectivity index (χ0n) is 5.61. The lowest BCUT2D eigenvalue weighted by Crippen LogP contribution is -1.95. The third-order valence-electron chi connectivity index (χ3n) is 0.656. The summed E-state index contributed by atoms with van der Waals surface area (Å²) < 4.78 is 14.8. The maximum atomic E-state index is 10.4. The fraction of sp³-hybridized carbons (Fsp3) is 0.400. The third-order valence-corrected chi connectivity index (χ3v) is 1.26. The van der Waals surface area contributed by atoms with Crippen molar-refractivity contribution >= 4 is 13.9 Å². The van der Waals surface area contributed by atoms with Crippen molar-refractivity contribution in [2.45, 2.75) is 0 Å². The van der Waals surface area contributed by atoms with Crippen molar-refractivity contribution in [1.82, 2.24) is 0 Å². The quantitative estimate of drug-likeness (QED) is 0.375. The van der Waals surface area contributed by atoms with E-state index >= 15 is 0 Å². The molecule has 0 amide bonds. The molecule has 0 fully saturated rings. The van der Waals surface area contributed by atoms with E-state index in [0.29, 0.717) is 6.29 Å². The van der Waals surface area contributed by atoms with E-state index in [4.69, 9.17) is 4.89 Å². The van der Waals surface area contributed by atoms with Gasteiger partial charge in [-0.1, -0.05) is 6.58 Å². The van der Waals surface area contributed by atoms with Gasteiger partial charge >= 0.3 is 7.60 Å². The molecule has 1 N–H and O–H groups in total. The Bertz CT molecular complexity index is 180. The summed E-state index contributed by atoms with van der Waals surface area (Å²) in [4.78, 5) is 18.4. The molecule has 0 spiro atoms. The highest BCUT2D eigenvalue weighted by molar-refractivity contribution is 7.51. The van der Waals surface area contributed by atoms with E-state index in [-0.39, 0.29) is 12.2 Å². The average molecular weight is 164 g/mol. The molecule has 0 heterocycles. The summed E-state index contributed by atoms with van der Waals surface area (Å²) in [7, 11) is -3.45. The predicted octanol–water partition coefficient (Wildman–Crippen LogP) is 0.573. The Balaban J connectivity index is 3.66. The number of hydrogen-bond donors (Lipinski definition) is 1. The molecule has 4 nitrogen and oxygen atoms in total. The van der Waals surface area contributed by atoms with Crippen molar-refractivity contribution in [2.75, 3.05) is 13.3 Å². The summed E-state index contributed by atoms with van der Waals surface area (Å²) in [6.45, 7) is 4.11. The second kappa shape index (κ2) is 3.66. The molecule has 0 saturated heterocycles. The maximum Gasteiger partial charge on any atom is 0.325 e. The first-order valence-corrected chi connectivity index (χ1v) is 4.56. The number of carbonyl (C=O) groups excluding carboxylic acids is 1. The molecular formula is C5H9O4P. The number of aldehydes is 1. The lowest BCUT2D eigenvalue weighted by molar-refractivity contribution is -0.105. The smallest absolute Gasteiger partial charge is 0.324 e. The van der Waals surface area contributed by atoms with Gasteiger partial charge in [-0.05, 0) is 0 Å². The van der Waals surface area contributed by atoms with Crippen molar-refractivity contribution in [1.29, 1.82) is 0 Å². The Labute approximate surface area is 59.0 Å². The van der Waals surface area contributed by atoms with E-state index in [1.54, 1.807) is 0 Å². The second-order valence-electron chi connectivity index (χ2n) is 1.85. The normalized spacial score (nSPS) is 15.8. The van der Waals surface area contributed by atoms with Crippen LogP contribution in [0, 0.1) is 0 Å². The number of carbonyl (C=O) groups is 1. The van der Waals surface area contributed by atoms with E-state index in [2.05, 4.69) is 11.1 Å². The molecule has 0 aromatic heterocycles. The molecule has 0 saturated carbocycles. The highest BCUT2D eigenvalue weighted by atomic mass is 31.2. The zero-order valence-corrected chi connectivity index (χ0v) is 6.51. The van der Waals surface area contributed by atoms with Crippen LogP contribution in [0.4, 0.5) is 0 Å². The first-order chi connectivity index (χ1) is 4.45. The molecule has 0 rings (SSSR count). The van der Waals surface area contributed by atoms with Crippen LogP contribution in [0.15, 0.2) is 12.2 Å². The van der Waals surface area contributed by atoms with Gasteiger partial charge in [-0.15, -0.1) is 0 Å². The van der Waals surface area contributed by atoms with Gasteiger partial charge in [-0.2, -0.15) is 0 Å². The summed E-state index contributed by atoms with van der Waals surface area (Å²) in [6, 6.07) is 0. The molecule has 5 heteroatoms. The van der Waals surface area contributed by atoms with Crippen LogP contribution in [0.5, 0.6) is 0 Å². The van der Waals surface area contributed by atoms with Gasteiger partial charge in [0.2, 0.25) is 0 Å². The predicted molar refractivity (Wildman–Crippen MR) is 36.9 cm³/mol. The highest BCUT2D eigenvalue weighted by Crippen LogP contribution is 2.36. The minimum absolute atomic E-state index is 0.149. The molecule has 0 aromatic rings. The number of rotatable bonds is 4. The van der Waals surface area contributed by atoms with Crippen molar-refractivity contribution < 1.29 is 18.8 Å². The van der Waals surface area contributed by atoms with Gasteiger partial charge in [0.05, 0.1) is 6.61 Å². The highest BCUT2D eigenvalue weighted by Gasteiger charge is 2.09. The Morgan fingerprint density at radius 2 is 2.40 bits per heavy atom. The number of hydrogen-bond acceptors (Lipinski definition) is 3. The van der Waals surface area contributed by atoms with Crippen LogP contribution in [-0.4, -0.2) is 24.5 Å². The lowest BCUT2D eigenvalue weighted by atomic mass is 10.4. The van der Waals surface area contributed by atoms with Gasteiger partial charge in [-0.3, -0.25) is 9.36 Å². The molecule has 1 unspecified atom stereocenters. The molecule has 0 radical (unpaired) electrons. The van der Waals surface area contributed by atoms with E-state index in [1.165, 1.54) is 0 Å². The van der Waals surface area contributed by atoms with Gasteiger partial charge < -0.3 is 9.42 Å². The van der Waals surface area contributed by atoms with Gasteiger partial charge in [0.1, 0.15) is 6.29 Å². The molecule has 10 heavy (non-hydrogen) atoms. The Hall–Kier alpha value is -0.440. The van der Waals surface area contributed by atoms with Crippen LogP contribution in [0.3, 0.4) is 0 Å². The molecule has 58 valence electrons. The monoisotopic (exact) mass is 164 g/mol. The summed E-state index contributed by atoms with van der Waals surface area (Å²) in [5.74, 6) is 0. The SMILES string of the molecule is C=C(C=O)COP(C)(=O)O. The van der Waals surface area contributed by atoms with Crippen molar-refractivity contribution in [3.8, 4) is 0 Å². The molecule has 0 aromatic carbocycles. The van der Waals surface area contributed by atoms with Crippen LogP contribution in [-0.2, 0) is 13.9 Å². The third kappa shape index (κ3) is 5.69. The van der Waals surface area contributed by atoms with Crippen molar-refractivity contribution in [3.05, 3.63) is 12.2 Å². The Morgan fingerprint density at radius 1 is 1.90 bits per heavy atom. The van der Waals surface area contributed by atoms with Crippen LogP contribution >= 0.6 is 7.60 Å². The molecule has 0 aliphatic carbocycles. The second-order valence-corrected chi connectivity index (χ2v) is 3.72. The van der Waals surface area contributed by atoms with E-state index < -0.39 is 7.60 Å². The van der Waals surface area contributed by atoms with Crippen LogP contribution in [0.1, 0.15) is 0 Å². The average Bonchev–Trinajstić information content (AvgIpc) is 1.81. The summed E-state index contributed by atoms with van der Waals surface area (Å²) in [6.07, 6.45) is 0.482. The zero-order chi connectivity index (χ0) is 8.20. The van der Waals surface area contributed by atoms with Crippen molar-refractivity contribution in [3.63, 3.8) is 0 Å². The Kier molecular flexibility index (Phi) is 3.50.